The number of aryl methyl sites for hydroxylation is 1. The van der Waals surface area contributed by atoms with E-state index >= 15 is 0 Å². The molecule has 0 amide bonds. The van der Waals surface area contributed by atoms with E-state index in [9.17, 15) is 0 Å². The molecule has 0 saturated carbocycles. The summed E-state index contributed by atoms with van der Waals surface area (Å²) in [6.45, 7) is 2.85. The molecule has 1 aromatic carbocycles. The predicted octanol–water partition coefficient (Wildman–Crippen LogP) is 1.56. The SMILES string of the molecule is CCn1cnnc1-c1ccc(N)cc1OC. The lowest BCUT2D eigenvalue weighted by Gasteiger charge is -2.09. The van der Waals surface area contributed by atoms with Crippen LogP contribution in [0.5, 0.6) is 5.75 Å². The van der Waals surface area contributed by atoms with Crippen molar-refractivity contribution in [1.82, 2.24) is 14.8 Å². The molecule has 5 nitrogen and oxygen atoms in total. The molecule has 2 rings (SSSR count). The van der Waals surface area contributed by atoms with Gasteiger partial charge in [-0.15, -0.1) is 10.2 Å². The minimum Gasteiger partial charge on any atom is -0.496 e. The Balaban J connectivity index is 2.55. The summed E-state index contributed by atoms with van der Waals surface area (Å²) in [6, 6.07) is 5.50. The second-order valence-electron chi connectivity index (χ2n) is 3.40. The Labute approximate surface area is 93.9 Å². The summed E-state index contributed by atoms with van der Waals surface area (Å²) in [5, 5.41) is 7.98. The summed E-state index contributed by atoms with van der Waals surface area (Å²) in [7, 11) is 1.62. The lowest BCUT2D eigenvalue weighted by atomic mass is 10.1. The van der Waals surface area contributed by atoms with Gasteiger partial charge in [-0.05, 0) is 19.1 Å². The smallest absolute Gasteiger partial charge is 0.167 e. The average Bonchev–Trinajstić information content (AvgIpc) is 2.76. The van der Waals surface area contributed by atoms with Gasteiger partial charge in [-0.2, -0.15) is 0 Å². The highest BCUT2D eigenvalue weighted by molar-refractivity contribution is 5.67. The summed E-state index contributed by atoms with van der Waals surface area (Å²) in [5.41, 5.74) is 7.27. The van der Waals surface area contributed by atoms with E-state index in [1.165, 1.54) is 0 Å². The summed E-state index contributed by atoms with van der Waals surface area (Å²) < 4.78 is 7.24. The molecule has 0 aliphatic heterocycles. The van der Waals surface area contributed by atoms with Crippen LogP contribution in [0.3, 0.4) is 0 Å². The van der Waals surface area contributed by atoms with Crippen molar-refractivity contribution in [3.8, 4) is 17.1 Å². The molecule has 0 bridgehead atoms. The van der Waals surface area contributed by atoms with Crippen LogP contribution in [0.4, 0.5) is 5.69 Å². The van der Waals surface area contributed by atoms with Gasteiger partial charge in [-0.25, -0.2) is 0 Å². The molecule has 84 valence electrons. The van der Waals surface area contributed by atoms with Crippen LogP contribution in [0.15, 0.2) is 24.5 Å². The van der Waals surface area contributed by atoms with Crippen molar-refractivity contribution in [2.45, 2.75) is 13.5 Å². The van der Waals surface area contributed by atoms with E-state index in [4.69, 9.17) is 10.5 Å². The van der Waals surface area contributed by atoms with Crippen molar-refractivity contribution in [2.24, 2.45) is 0 Å². The van der Waals surface area contributed by atoms with E-state index in [-0.39, 0.29) is 0 Å². The van der Waals surface area contributed by atoms with Crippen LogP contribution in [-0.4, -0.2) is 21.9 Å². The van der Waals surface area contributed by atoms with E-state index in [0.29, 0.717) is 11.4 Å². The zero-order chi connectivity index (χ0) is 11.5. The van der Waals surface area contributed by atoms with Gasteiger partial charge >= 0.3 is 0 Å². The van der Waals surface area contributed by atoms with Gasteiger partial charge in [-0.1, -0.05) is 0 Å². The molecule has 2 aromatic rings. The molecular weight excluding hydrogens is 204 g/mol. The molecule has 0 spiro atoms. The van der Waals surface area contributed by atoms with Crippen LogP contribution in [0.25, 0.3) is 11.4 Å². The maximum Gasteiger partial charge on any atom is 0.167 e. The molecule has 1 aromatic heterocycles. The quantitative estimate of drug-likeness (QED) is 0.794. The fourth-order valence-corrected chi connectivity index (χ4v) is 1.59. The molecule has 16 heavy (non-hydrogen) atoms. The van der Waals surface area contributed by atoms with Gasteiger partial charge in [-0.3, -0.25) is 0 Å². The van der Waals surface area contributed by atoms with Crippen LogP contribution in [-0.2, 0) is 6.54 Å². The minimum atomic E-state index is 0.670. The largest absolute Gasteiger partial charge is 0.496 e. The molecule has 0 saturated heterocycles. The Morgan fingerprint density at radius 2 is 2.25 bits per heavy atom. The number of anilines is 1. The Morgan fingerprint density at radius 1 is 1.44 bits per heavy atom. The number of hydrogen-bond donors (Lipinski definition) is 1. The van der Waals surface area contributed by atoms with Gasteiger partial charge in [0.15, 0.2) is 5.82 Å². The third kappa shape index (κ3) is 1.71. The summed E-state index contributed by atoms with van der Waals surface area (Å²) in [4.78, 5) is 0. The normalized spacial score (nSPS) is 10.4. The standard InChI is InChI=1S/C11H14N4O/c1-3-15-7-13-14-11(15)9-5-4-8(12)6-10(9)16-2/h4-7H,3,12H2,1-2H3. The third-order valence-corrected chi connectivity index (χ3v) is 2.42. The number of rotatable bonds is 3. The molecule has 0 aliphatic carbocycles. The zero-order valence-electron chi connectivity index (χ0n) is 9.34. The lowest BCUT2D eigenvalue weighted by molar-refractivity contribution is 0.416. The minimum absolute atomic E-state index is 0.670. The van der Waals surface area contributed by atoms with Crippen LogP contribution >= 0.6 is 0 Å². The van der Waals surface area contributed by atoms with Gasteiger partial charge in [0.2, 0.25) is 0 Å². The van der Waals surface area contributed by atoms with E-state index in [1.807, 2.05) is 23.6 Å². The van der Waals surface area contributed by atoms with Crippen LogP contribution < -0.4 is 10.5 Å². The number of aromatic nitrogens is 3. The van der Waals surface area contributed by atoms with Crippen molar-refractivity contribution in [3.63, 3.8) is 0 Å². The van der Waals surface area contributed by atoms with E-state index in [0.717, 1.165) is 17.9 Å². The summed E-state index contributed by atoms with van der Waals surface area (Å²) >= 11 is 0. The Morgan fingerprint density at radius 3 is 2.94 bits per heavy atom. The Bertz CT molecular complexity index is 492. The van der Waals surface area contributed by atoms with Gasteiger partial charge in [0, 0.05) is 18.3 Å². The number of nitrogen functional groups attached to an aromatic ring is 1. The molecule has 0 aliphatic rings. The monoisotopic (exact) mass is 218 g/mol. The highest BCUT2D eigenvalue weighted by Crippen LogP contribution is 2.30. The first-order valence-corrected chi connectivity index (χ1v) is 5.08. The van der Waals surface area contributed by atoms with Crippen LogP contribution in [0, 0.1) is 0 Å². The van der Waals surface area contributed by atoms with Crippen molar-refractivity contribution in [2.75, 3.05) is 12.8 Å². The van der Waals surface area contributed by atoms with Gasteiger partial charge in [0.1, 0.15) is 12.1 Å². The topological polar surface area (TPSA) is 66.0 Å². The molecule has 0 atom stereocenters. The van der Waals surface area contributed by atoms with Crippen LogP contribution in [0.1, 0.15) is 6.92 Å². The molecule has 0 fully saturated rings. The molecule has 2 N–H and O–H groups in total. The number of nitrogens with two attached hydrogens (primary N) is 1. The number of nitrogens with zero attached hydrogens (tertiary/aromatic N) is 3. The predicted molar refractivity (Wildman–Crippen MR) is 62.1 cm³/mol. The maximum atomic E-state index is 5.70. The number of benzene rings is 1. The fourth-order valence-electron chi connectivity index (χ4n) is 1.59. The number of methoxy groups -OCH3 is 1. The van der Waals surface area contributed by atoms with E-state index < -0.39 is 0 Å². The first-order chi connectivity index (χ1) is 7.76. The first kappa shape index (κ1) is 10.5. The summed E-state index contributed by atoms with van der Waals surface area (Å²) in [6.07, 6.45) is 1.70. The highest BCUT2D eigenvalue weighted by atomic mass is 16.5. The first-order valence-electron chi connectivity index (χ1n) is 5.08. The van der Waals surface area contributed by atoms with Gasteiger partial charge in [0.25, 0.3) is 0 Å². The lowest BCUT2D eigenvalue weighted by Crippen LogP contribution is -1.98. The molecule has 1 heterocycles. The zero-order valence-corrected chi connectivity index (χ0v) is 9.34. The molecule has 0 radical (unpaired) electrons. The number of ether oxygens (including phenoxy) is 1. The Kier molecular flexibility index (Phi) is 2.76. The highest BCUT2D eigenvalue weighted by Gasteiger charge is 2.11. The fraction of sp³-hybridized carbons (Fsp3) is 0.273. The average molecular weight is 218 g/mol. The van der Waals surface area contributed by atoms with Crippen molar-refractivity contribution in [1.29, 1.82) is 0 Å². The summed E-state index contributed by atoms with van der Waals surface area (Å²) in [5.74, 6) is 1.50. The van der Waals surface area contributed by atoms with Crippen molar-refractivity contribution >= 4 is 5.69 Å². The van der Waals surface area contributed by atoms with Crippen LogP contribution in [0.2, 0.25) is 0 Å². The van der Waals surface area contributed by atoms with Gasteiger partial charge in [0.05, 0.1) is 12.7 Å². The Hall–Kier alpha value is -2.04. The molecule has 0 unspecified atom stereocenters. The van der Waals surface area contributed by atoms with E-state index in [1.54, 1.807) is 19.5 Å². The number of hydrogen-bond acceptors (Lipinski definition) is 4. The van der Waals surface area contributed by atoms with Crippen molar-refractivity contribution < 1.29 is 4.74 Å². The van der Waals surface area contributed by atoms with Gasteiger partial charge < -0.3 is 15.0 Å². The van der Waals surface area contributed by atoms with Crippen molar-refractivity contribution in [3.05, 3.63) is 24.5 Å². The van der Waals surface area contributed by atoms with E-state index in [2.05, 4.69) is 10.2 Å². The second kappa shape index (κ2) is 4.22. The maximum absolute atomic E-state index is 5.70. The third-order valence-electron chi connectivity index (χ3n) is 2.42. The molecule has 5 heteroatoms. The molecular formula is C11H14N4O. The second-order valence-corrected chi connectivity index (χ2v) is 3.40.